The van der Waals surface area contributed by atoms with E-state index in [1.807, 2.05) is 78.3 Å². The van der Waals surface area contributed by atoms with Crippen molar-refractivity contribution >= 4 is 181 Å². The molecule has 0 saturated heterocycles. The van der Waals surface area contributed by atoms with Gasteiger partial charge in [-0.1, -0.05) is 255 Å². The molecule has 12 nitrogen and oxygen atoms in total. The molecule has 13 heteroatoms. The Labute approximate surface area is 740 Å². The van der Waals surface area contributed by atoms with Crippen LogP contribution < -0.4 is 0 Å². The summed E-state index contributed by atoms with van der Waals surface area (Å²) in [6, 6.07) is 140. The second-order valence-corrected chi connectivity index (χ2v) is 34.0. The van der Waals surface area contributed by atoms with Crippen molar-refractivity contribution in [2.24, 2.45) is 0 Å². The Hall–Kier alpha value is -17.3. The van der Waals surface area contributed by atoms with Crippen LogP contribution in [0, 0.1) is 0 Å². The van der Waals surface area contributed by atoms with Gasteiger partial charge < -0.3 is 4.42 Å². The first kappa shape index (κ1) is 73.3. The fraction of sp³-hybridized carbons (Fsp3) is 0. The lowest BCUT2D eigenvalue weighted by atomic mass is 9.84. The van der Waals surface area contributed by atoms with E-state index in [-0.39, 0.29) is 0 Å². The van der Waals surface area contributed by atoms with Crippen LogP contribution in [0.5, 0.6) is 0 Å². The summed E-state index contributed by atoms with van der Waals surface area (Å²) in [4.78, 5) is 41.6. The molecule has 0 aliphatic carbocycles. The van der Waals surface area contributed by atoms with E-state index >= 15 is 0 Å². The van der Waals surface area contributed by atoms with Crippen LogP contribution in [0.4, 0.5) is 0 Å². The Kier molecular flexibility index (Phi) is 16.9. The minimum absolute atomic E-state index is 0.630. The maximum absolute atomic E-state index is 5.94. The minimum Gasteiger partial charge on any atom is -0.436 e. The van der Waals surface area contributed by atoms with Gasteiger partial charge in [0.25, 0.3) is 0 Å². The average molecular weight is 1660 g/mol. The maximum atomic E-state index is 5.94. The first-order valence-electron chi connectivity index (χ1n) is 43.2. The number of aromatic nitrogens is 11. The zero-order chi connectivity index (χ0) is 84.7. The molecule has 0 aliphatic rings. The van der Waals surface area contributed by atoms with Gasteiger partial charge in [0.1, 0.15) is 28.0 Å². The SMILES string of the molecule is c1ccc(-c2ccc(-c3ccc(-c4ccc5c(c4)c4ncccc4n4c6ccccc6nc54)cc3)s2)cc1.c1ccc2cc(-c3c4ccccc4c(-c4ccc5ccccc5c4)c4cc(-c5ccc6c(c5)nc5c7ccccc7c7nccnc7n65)ccc34)ccc2c1.c1ccc2oc(-c3ccc(-c4ccc5c(c4)c4ncccc4n4c6ccccc6nc54)cc3)nc2c1. The molecule has 0 fully saturated rings. The van der Waals surface area contributed by atoms with Gasteiger partial charge in [0.2, 0.25) is 5.89 Å². The number of thiophene rings is 1. The Morgan fingerprint density at radius 3 is 1.22 bits per heavy atom. The number of benzene rings is 17. The topological polar surface area (TPSA) is 129 Å². The molecule has 28 aromatic rings. The first-order chi connectivity index (χ1) is 63.9. The van der Waals surface area contributed by atoms with Crippen molar-refractivity contribution in [2.75, 3.05) is 0 Å². The van der Waals surface area contributed by atoms with Crippen LogP contribution in [0.25, 0.3) is 258 Å². The molecule has 0 saturated carbocycles. The Bertz CT molecular complexity index is 9450. The minimum atomic E-state index is 0.630. The quantitative estimate of drug-likeness (QED) is 0.108. The zero-order valence-corrected chi connectivity index (χ0v) is 69.9. The van der Waals surface area contributed by atoms with E-state index < -0.39 is 0 Å². The second-order valence-electron chi connectivity index (χ2n) is 32.9. The summed E-state index contributed by atoms with van der Waals surface area (Å²) < 4.78 is 12.6. The zero-order valence-electron chi connectivity index (χ0n) is 69.1. The molecule has 17 aromatic carbocycles. The van der Waals surface area contributed by atoms with Crippen LogP contribution in [0.3, 0.4) is 0 Å². The van der Waals surface area contributed by atoms with E-state index in [1.165, 1.54) is 97.4 Å². The molecule has 600 valence electrons. The summed E-state index contributed by atoms with van der Waals surface area (Å²) in [5, 5.41) is 16.4. The number of oxazole rings is 1. The Balaban J connectivity index is 0.000000105. The summed E-state index contributed by atoms with van der Waals surface area (Å²) in [6.07, 6.45) is 7.25. The molecule has 0 bridgehead atoms. The monoisotopic (exact) mass is 1660 g/mol. The number of hydrogen-bond donors (Lipinski definition) is 0. The number of hydrogen-bond acceptors (Lipinski definition) is 10. The van der Waals surface area contributed by atoms with Gasteiger partial charge >= 0.3 is 0 Å². The van der Waals surface area contributed by atoms with Crippen molar-refractivity contribution < 1.29 is 4.42 Å². The number of imidazole rings is 3. The lowest BCUT2D eigenvalue weighted by molar-refractivity contribution is 0.620. The van der Waals surface area contributed by atoms with Gasteiger partial charge in [-0.15, -0.1) is 11.3 Å². The third-order valence-corrected chi connectivity index (χ3v) is 26.7. The van der Waals surface area contributed by atoms with E-state index in [4.69, 9.17) is 39.3 Å². The maximum Gasteiger partial charge on any atom is 0.227 e. The van der Waals surface area contributed by atoms with Crippen LogP contribution in [0.15, 0.2) is 424 Å². The highest BCUT2D eigenvalue weighted by molar-refractivity contribution is 7.18. The van der Waals surface area contributed by atoms with E-state index in [9.17, 15) is 0 Å². The predicted octanol–water partition coefficient (Wildman–Crippen LogP) is 30.1. The smallest absolute Gasteiger partial charge is 0.227 e. The van der Waals surface area contributed by atoms with Gasteiger partial charge in [-0.2, -0.15) is 0 Å². The van der Waals surface area contributed by atoms with Gasteiger partial charge in [-0.25, -0.2) is 24.9 Å². The highest BCUT2D eigenvalue weighted by Crippen LogP contribution is 2.48. The van der Waals surface area contributed by atoms with Crippen LogP contribution in [0.1, 0.15) is 0 Å². The standard InChI is InChI=1S/C51H30N4.C34H21N3S.C31H18N4O/c1-3-11-33-27-37(19-17-31(33)9-1)47-39-13-5-6-14-40(39)48(38-20-18-32-10-2-4-12-34(32)28-38)44-29-35(21-23-41(44)47)36-22-24-46-45(30-36)54-50-43-16-8-7-15-42(43)49-51(55(46)50)53-26-25-52-49;1-2-7-23(8-3-1)31-18-19-32(38-31)24-14-12-22(13-15-24)25-16-17-26-27(21-25)33-30(11-6-20-35-33)37-29-10-5-4-9-28(29)36-34(26)37;1-3-8-26-24(6-1)33-30-22-16-15-21(18-23(22)29-27(35(26)30)9-5-17-32-29)19-11-13-20(14-12-19)31-34-25-7-2-4-10-28(25)36-31/h1-30H;1-21H;1-18H. The molecular formula is C116H69N11OS. The lowest BCUT2D eigenvalue weighted by Gasteiger charge is -2.19. The summed E-state index contributed by atoms with van der Waals surface area (Å²) in [5.41, 5.74) is 31.6. The molecule has 11 heterocycles. The van der Waals surface area contributed by atoms with Crippen molar-refractivity contribution in [3.63, 3.8) is 0 Å². The molecule has 0 spiro atoms. The van der Waals surface area contributed by atoms with Crippen LogP contribution in [-0.2, 0) is 0 Å². The molecule has 0 radical (unpaired) electrons. The van der Waals surface area contributed by atoms with Crippen molar-refractivity contribution in [1.82, 2.24) is 53.1 Å². The Morgan fingerprint density at radius 1 is 0.202 bits per heavy atom. The molecule has 0 aliphatic heterocycles. The summed E-state index contributed by atoms with van der Waals surface area (Å²) in [7, 11) is 0. The second kappa shape index (κ2) is 29.7. The highest BCUT2D eigenvalue weighted by atomic mass is 32.1. The molecule has 129 heavy (non-hydrogen) atoms. The van der Waals surface area contributed by atoms with Crippen molar-refractivity contribution in [1.29, 1.82) is 0 Å². The summed E-state index contributed by atoms with van der Waals surface area (Å²) in [6.45, 7) is 0. The largest absolute Gasteiger partial charge is 0.436 e. The van der Waals surface area contributed by atoms with Gasteiger partial charge in [-0.05, 0) is 249 Å². The van der Waals surface area contributed by atoms with Gasteiger partial charge in [0.05, 0.1) is 55.2 Å². The number of rotatable bonds is 8. The normalized spacial score (nSPS) is 11.9. The van der Waals surface area contributed by atoms with Crippen LogP contribution in [-0.4, -0.2) is 53.1 Å². The van der Waals surface area contributed by atoms with E-state index in [2.05, 4.69) is 358 Å². The number of fused-ring (bicyclic) bond motifs is 29. The number of para-hydroxylation sites is 6. The number of nitrogens with zero attached hydrogens (tertiary/aromatic N) is 11. The highest BCUT2D eigenvalue weighted by Gasteiger charge is 2.24. The first-order valence-corrected chi connectivity index (χ1v) is 44.0. The van der Waals surface area contributed by atoms with E-state index in [1.54, 1.807) is 12.4 Å². The summed E-state index contributed by atoms with van der Waals surface area (Å²) in [5.74, 6) is 0.630. The third-order valence-electron chi connectivity index (χ3n) is 25.5. The van der Waals surface area contributed by atoms with Crippen molar-refractivity contribution in [3.05, 3.63) is 419 Å². The lowest BCUT2D eigenvalue weighted by Crippen LogP contribution is -1.95. The molecular weight excluding hydrogens is 1600 g/mol. The molecule has 11 aromatic heterocycles. The fourth-order valence-corrected chi connectivity index (χ4v) is 20.5. The molecule has 0 unspecified atom stereocenters. The van der Waals surface area contributed by atoms with Crippen LogP contribution >= 0.6 is 11.3 Å². The van der Waals surface area contributed by atoms with Gasteiger partial charge in [-0.3, -0.25) is 28.2 Å². The van der Waals surface area contributed by atoms with Crippen LogP contribution in [0.2, 0.25) is 0 Å². The number of pyridine rings is 5. The third kappa shape index (κ3) is 12.2. The van der Waals surface area contributed by atoms with E-state index in [0.717, 1.165) is 155 Å². The predicted molar refractivity (Wildman–Crippen MR) is 533 cm³/mol. The van der Waals surface area contributed by atoms with Gasteiger partial charge in [0.15, 0.2) is 11.2 Å². The molecule has 0 atom stereocenters. The van der Waals surface area contributed by atoms with Crippen molar-refractivity contribution in [3.8, 4) is 88.0 Å². The molecule has 0 N–H and O–H groups in total. The Morgan fingerprint density at radius 2 is 0.605 bits per heavy atom. The molecule has 0 amide bonds. The average Bonchev–Trinajstić information content (AvgIpc) is 1.73. The van der Waals surface area contributed by atoms with Crippen molar-refractivity contribution in [2.45, 2.75) is 0 Å². The molecule has 28 rings (SSSR count). The fourth-order valence-electron chi connectivity index (χ4n) is 19.5. The van der Waals surface area contributed by atoms with Gasteiger partial charge in [0, 0.05) is 72.4 Å². The summed E-state index contributed by atoms with van der Waals surface area (Å²) >= 11 is 1.83. The van der Waals surface area contributed by atoms with E-state index in [0.29, 0.717) is 5.89 Å².